The van der Waals surface area contributed by atoms with Crippen LogP contribution in [0.4, 0.5) is 8.78 Å². The lowest BCUT2D eigenvalue weighted by Gasteiger charge is -1.86. The smallest absolute Gasteiger partial charge is 0.185 e. The van der Waals surface area contributed by atoms with Crippen LogP contribution in [-0.2, 0) is 0 Å². The van der Waals surface area contributed by atoms with E-state index in [1.54, 1.807) is 0 Å². The summed E-state index contributed by atoms with van der Waals surface area (Å²) in [6.07, 6.45) is 0.678. The van der Waals surface area contributed by atoms with Crippen LogP contribution in [0.1, 0.15) is 13.8 Å². The summed E-state index contributed by atoms with van der Waals surface area (Å²) in [7, 11) is 0. The van der Waals surface area contributed by atoms with Crippen LogP contribution in [0.2, 0.25) is 0 Å². The highest BCUT2D eigenvalue weighted by molar-refractivity contribution is 5.93. The molecule has 0 saturated carbocycles. The number of hydrogen-bond acceptors (Lipinski definition) is 2. The van der Waals surface area contributed by atoms with Gasteiger partial charge in [-0.05, 0) is 6.92 Å². The van der Waals surface area contributed by atoms with E-state index in [9.17, 15) is 8.78 Å². The summed E-state index contributed by atoms with van der Waals surface area (Å²) in [5.41, 5.74) is -0.259. The molecule has 0 aromatic rings. The zero-order chi connectivity index (χ0) is 8.15. The zero-order valence-corrected chi connectivity index (χ0v) is 5.78. The summed E-state index contributed by atoms with van der Waals surface area (Å²) in [5, 5.41) is 6.71. The topological polar surface area (TPSA) is 36.2 Å². The van der Waals surface area contributed by atoms with Crippen LogP contribution < -0.4 is 0 Å². The number of rotatable bonds is 2. The lowest BCUT2D eigenvalue weighted by molar-refractivity contribution is 0.674. The molecule has 0 aliphatic rings. The Bertz CT molecular complexity index is 190. The van der Waals surface area contributed by atoms with Gasteiger partial charge >= 0.3 is 0 Å². The molecule has 0 aliphatic heterocycles. The van der Waals surface area contributed by atoms with Crippen molar-refractivity contribution < 1.29 is 8.78 Å². The van der Waals surface area contributed by atoms with Gasteiger partial charge in [0.2, 0.25) is 0 Å². The van der Waals surface area contributed by atoms with E-state index >= 15 is 0 Å². The van der Waals surface area contributed by atoms with Crippen molar-refractivity contribution in [3.05, 3.63) is 12.0 Å². The first-order valence-electron chi connectivity index (χ1n) is 2.65. The molecule has 0 radical (unpaired) electrons. The molecule has 4 heteroatoms. The van der Waals surface area contributed by atoms with Gasteiger partial charge < -0.3 is 5.41 Å². The van der Waals surface area contributed by atoms with Crippen LogP contribution in [0.5, 0.6) is 0 Å². The van der Waals surface area contributed by atoms with Crippen molar-refractivity contribution in [1.82, 2.24) is 0 Å². The molecule has 2 nitrogen and oxygen atoms in total. The molecule has 0 atom stereocenters. The number of hydrogen-bond donors (Lipinski definition) is 1. The molecule has 0 bridgehead atoms. The summed E-state index contributed by atoms with van der Waals surface area (Å²) in [6.45, 7) is 2.36. The monoisotopic (exact) mass is 146 g/mol. The van der Waals surface area contributed by atoms with E-state index < -0.39 is 11.8 Å². The number of aliphatic imine (C=N–C) groups is 1. The summed E-state index contributed by atoms with van der Waals surface area (Å²) in [6, 6.07) is 0. The van der Waals surface area contributed by atoms with Gasteiger partial charge in [0.25, 0.3) is 0 Å². The SMILES string of the molecule is CC(=N)/C(F)=C\N=C(/C)F. The molecule has 10 heavy (non-hydrogen) atoms. The highest BCUT2D eigenvalue weighted by Crippen LogP contribution is 1.98. The number of nitrogens with zero attached hydrogens (tertiary/aromatic N) is 1. The molecule has 0 rings (SSSR count). The molecular weight excluding hydrogens is 138 g/mol. The van der Waals surface area contributed by atoms with Gasteiger partial charge in [-0.15, -0.1) is 0 Å². The minimum Gasteiger partial charge on any atom is -0.303 e. The van der Waals surface area contributed by atoms with Crippen LogP contribution in [-0.4, -0.2) is 11.7 Å². The maximum absolute atomic E-state index is 12.2. The van der Waals surface area contributed by atoms with Crippen molar-refractivity contribution in [2.75, 3.05) is 0 Å². The van der Waals surface area contributed by atoms with E-state index in [-0.39, 0.29) is 5.71 Å². The molecule has 0 aliphatic carbocycles. The Balaban J connectivity index is 4.19. The predicted octanol–water partition coefficient (Wildman–Crippen LogP) is 2.22. The first-order chi connectivity index (χ1) is 4.54. The minimum atomic E-state index is -0.822. The Morgan fingerprint density at radius 3 is 2.20 bits per heavy atom. The van der Waals surface area contributed by atoms with E-state index in [1.807, 2.05) is 0 Å². The third-order valence-corrected chi connectivity index (χ3v) is 0.714. The Labute approximate surface area is 57.8 Å². The molecule has 0 spiro atoms. The summed E-state index contributed by atoms with van der Waals surface area (Å²) >= 11 is 0. The van der Waals surface area contributed by atoms with Crippen molar-refractivity contribution in [2.24, 2.45) is 4.99 Å². The average molecular weight is 146 g/mol. The van der Waals surface area contributed by atoms with Gasteiger partial charge in [-0.3, -0.25) is 0 Å². The highest BCUT2D eigenvalue weighted by atomic mass is 19.1. The largest absolute Gasteiger partial charge is 0.303 e. The Morgan fingerprint density at radius 2 is 1.90 bits per heavy atom. The van der Waals surface area contributed by atoms with Crippen LogP contribution in [0.25, 0.3) is 0 Å². The van der Waals surface area contributed by atoms with Crippen LogP contribution in [0.3, 0.4) is 0 Å². The van der Waals surface area contributed by atoms with Crippen molar-refractivity contribution in [1.29, 1.82) is 5.41 Å². The van der Waals surface area contributed by atoms with Gasteiger partial charge in [-0.2, -0.15) is 4.39 Å². The normalized spacial score (nSPS) is 13.6. The Hall–Kier alpha value is -1.06. The van der Waals surface area contributed by atoms with Crippen LogP contribution in [0.15, 0.2) is 17.0 Å². The van der Waals surface area contributed by atoms with Crippen molar-refractivity contribution in [2.45, 2.75) is 13.8 Å². The number of allylic oxidation sites excluding steroid dienone is 1. The highest BCUT2D eigenvalue weighted by Gasteiger charge is 1.94. The first kappa shape index (κ1) is 8.94. The third kappa shape index (κ3) is 3.88. The quantitative estimate of drug-likeness (QED) is 0.580. The summed E-state index contributed by atoms with van der Waals surface area (Å²) in [5.74, 6) is -1.55. The molecule has 56 valence electrons. The average Bonchev–Trinajstić information content (AvgIpc) is 1.82. The third-order valence-electron chi connectivity index (χ3n) is 0.714. The lowest BCUT2D eigenvalue weighted by Crippen LogP contribution is -1.87. The van der Waals surface area contributed by atoms with E-state index in [1.165, 1.54) is 6.92 Å². The van der Waals surface area contributed by atoms with E-state index in [0.29, 0.717) is 6.20 Å². The second-order valence-electron chi connectivity index (χ2n) is 1.73. The Morgan fingerprint density at radius 1 is 1.40 bits per heavy atom. The van der Waals surface area contributed by atoms with Crippen molar-refractivity contribution in [3.8, 4) is 0 Å². The molecule has 0 heterocycles. The van der Waals surface area contributed by atoms with Gasteiger partial charge in [0.15, 0.2) is 11.8 Å². The van der Waals surface area contributed by atoms with Gasteiger partial charge in [-0.1, -0.05) is 0 Å². The molecule has 0 fully saturated rings. The minimum absolute atomic E-state index is 0.259. The standard InChI is InChI=1S/C6H8F2N2/c1-4(9)6(8)3-10-5(2)7/h3,9H,1-2H3/b6-3+,9-4?,10-5+. The first-order valence-corrected chi connectivity index (χ1v) is 2.65. The number of halogens is 2. The maximum Gasteiger partial charge on any atom is 0.185 e. The van der Waals surface area contributed by atoms with Crippen molar-refractivity contribution >= 4 is 11.7 Å². The van der Waals surface area contributed by atoms with E-state index in [2.05, 4.69) is 4.99 Å². The predicted molar refractivity (Wildman–Crippen MR) is 36.8 cm³/mol. The fourth-order valence-corrected chi connectivity index (χ4v) is 0.242. The lowest BCUT2D eigenvalue weighted by atomic mass is 10.4. The van der Waals surface area contributed by atoms with Gasteiger partial charge in [-0.25, -0.2) is 9.38 Å². The molecule has 0 amide bonds. The van der Waals surface area contributed by atoms with Gasteiger partial charge in [0.05, 0.1) is 11.9 Å². The van der Waals surface area contributed by atoms with Crippen LogP contribution in [0, 0.1) is 5.41 Å². The fourth-order valence-electron chi connectivity index (χ4n) is 0.242. The Kier molecular flexibility index (Phi) is 3.46. The van der Waals surface area contributed by atoms with Crippen molar-refractivity contribution in [3.63, 3.8) is 0 Å². The van der Waals surface area contributed by atoms with Gasteiger partial charge in [0.1, 0.15) is 0 Å². The summed E-state index contributed by atoms with van der Waals surface area (Å²) in [4.78, 5) is 3.02. The van der Waals surface area contributed by atoms with E-state index in [0.717, 1.165) is 6.92 Å². The molecule has 0 unspecified atom stereocenters. The molecule has 0 aromatic heterocycles. The number of nitrogens with one attached hydrogen (secondary N) is 1. The molecule has 0 saturated heterocycles. The second-order valence-corrected chi connectivity index (χ2v) is 1.73. The van der Waals surface area contributed by atoms with E-state index in [4.69, 9.17) is 5.41 Å². The van der Waals surface area contributed by atoms with Gasteiger partial charge in [0, 0.05) is 6.92 Å². The maximum atomic E-state index is 12.2. The van der Waals surface area contributed by atoms with Crippen LogP contribution >= 0.6 is 0 Å². The molecule has 1 N–H and O–H groups in total. The molecule has 0 aromatic carbocycles. The zero-order valence-electron chi connectivity index (χ0n) is 5.78. The second kappa shape index (κ2) is 3.87. The fraction of sp³-hybridized carbons (Fsp3) is 0.333. The summed E-state index contributed by atoms with van der Waals surface area (Å²) < 4.78 is 24.0. The molecular formula is C6H8F2N2.